The minimum atomic E-state index is -3.37. The lowest BCUT2D eigenvalue weighted by Crippen LogP contribution is -2.42. The van der Waals surface area contributed by atoms with Gasteiger partial charge in [0.1, 0.15) is 0 Å². The quantitative estimate of drug-likeness (QED) is 0.899. The molecule has 0 saturated carbocycles. The van der Waals surface area contributed by atoms with Crippen LogP contribution in [-0.4, -0.2) is 31.9 Å². The fourth-order valence-electron chi connectivity index (χ4n) is 2.04. The van der Waals surface area contributed by atoms with Gasteiger partial charge in [-0.05, 0) is 43.5 Å². The molecule has 6 heteroatoms. The fraction of sp³-hybridized carbons (Fsp3) is 0.500. The number of sulfonamides is 1. The highest BCUT2D eigenvalue weighted by Gasteiger charge is 2.28. The summed E-state index contributed by atoms with van der Waals surface area (Å²) < 4.78 is 27.3. The molecule has 1 saturated heterocycles. The van der Waals surface area contributed by atoms with Crippen LogP contribution in [0.2, 0.25) is 0 Å². The molecule has 2 rings (SSSR count). The summed E-state index contributed by atoms with van der Waals surface area (Å²) in [7, 11) is -3.37. The molecule has 1 fully saturated rings. The molecule has 0 atom stereocenters. The zero-order valence-electron chi connectivity index (χ0n) is 10.3. The lowest BCUT2D eigenvalue weighted by atomic mass is 10.1. The van der Waals surface area contributed by atoms with Crippen LogP contribution in [0.1, 0.15) is 18.4 Å². The van der Waals surface area contributed by atoms with Crippen molar-refractivity contribution < 1.29 is 8.42 Å². The van der Waals surface area contributed by atoms with E-state index in [2.05, 4.69) is 15.9 Å². The summed E-state index contributed by atoms with van der Waals surface area (Å²) >= 11 is 3.38. The molecule has 0 bridgehead atoms. The predicted octanol–water partition coefficient (Wildman–Crippen LogP) is 1.87. The number of nitrogens with two attached hydrogens (primary N) is 1. The molecule has 0 unspecified atom stereocenters. The third-order valence-electron chi connectivity index (χ3n) is 3.27. The molecule has 18 heavy (non-hydrogen) atoms. The van der Waals surface area contributed by atoms with Crippen LogP contribution >= 0.6 is 15.9 Å². The van der Waals surface area contributed by atoms with Gasteiger partial charge in [-0.2, -0.15) is 4.31 Å². The van der Waals surface area contributed by atoms with Crippen LogP contribution in [0.15, 0.2) is 27.6 Å². The Labute approximate surface area is 116 Å². The fourth-order valence-corrected chi connectivity index (χ4v) is 3.84. The van der Waals surface area contributed by atoms with Gasteiger partial charge in [0.25, 0.3) is 0 Å². The smallest absolute Gasteiger partial charge is 0.243 e. The second-order valence-electron chi connectivity index (χ2n) is 4.65. The first kappa shape index (κ1) is 14.0. The third kappa shape index (κ3) is 2.77. The Hall–Kier alpha value is -0.430. The van der Waals surface area contributed by atoms with Gasteiger partial charge in [0.2, 0.25) is 10.0 Å². The number of aryl methyl sites for hydroxylation is 1. The van der Waals surface area contributed by atoms with Crippen molar-refractivity contribution in [2.45, 2.75) is 30.7 Å². The first-order valence-corrected chi connectivity index (χ1v) is 8.16. The van der Waals surface area contributed by atoms with E-state index < -0.39 is 10.0 Å². The molecule has 0 radical (unpaired) electrons. The maximum absolute atomic E-state index is 12.4. The summed E-state index contributed by atoms with van der Waals surface area (Å²) in [6, 6.07) is 5.25. The van der Waals surface area contributed by atoms with E-state index in [4.69, 9.17) is 5.73 Å². The number of hydrogen-bond donors (Lipinski definition) is 1. The standard InChI is InChI=1S/C12H17BrN2O2S/c1-9-8-11(2-3-12(9)13)18(16,17)15-6-4-10(14)5-7-15/h2-3,8,10H,4-7,14H2,1H3. The second kappa shape index (κ2) is 5.28. The number of piperidine rings is 1. The summed E-state index contributed by atoms with van der Waals surface area (Å²) in [5.41, 5.74) is 6.72. The van der Waals surface area contributed by atoms with E-state index in [0.29, 0.717) is 18.0 Å². The Morgan fingerprint density at radius 3 is 2.50 bits per heavy atom. The molecule has 0 aromatic heterocycles. The molecule has 1 heterocycles. The summed E-state index contributed by atoms with van der Waals surface area (Å²) in [6.07, 6.45) is 1.46. The van der Waals surface area contributed by atoms with Crippen molar-refractivity contribution in [3.8, 4) is 0 Å². The van der Waals surface area contributed by atoms with Crippen LogP contribution in [-0.2, 0) is 10.0 Å². The lowest BCUT2D eigenvalue weighted by molar-refractivity contribution is 0.320. The van der Waals surface area contributed by atoms with Gasteiger partial charge in [0.15, 0.2) is 0 Å². The minimum Gasteiger partial charge on any atom is -0.328 e. The van der Waals surface area contributed by atoms with Crippen molar-refractivity contribution in [1.82, 2.24) is 4.31 Å². The Balaban J connectivity index is 2.27. The monoisotopic (exact) mass is 332 g/mol. The largest absolute Gasteiger partial charge is 0.328 e. The summed E-state index contributed by atoms with van der Waals surface area (Å²) in [5, 5.41) is 0. The van der Waals surface area contributed by atoms with Crippen molar-refractivity contribution >= 4 is 26.0 Å². The highest BCUT2D eigenvalue weighted by atomic mass is 79.9. The van der Waals surface area contributed by atoms with Gasteiger partial charge in [-0.3, -0.25) is 0 Å². The van der Waals surface area contributed by atoms with Crippen LogP contribution in [0, 0.1) is 6.92 Å². The minimum absolute atomic E-state index is 0.128. The topological polar surface area (TPSA) is 63.4 Å². The van der Waals surface area contributed by atoms with Crippen molar-refractivity contribution in [3.05, 3.63) is 28.2 Å². The lowest BCUT2D eigenvalue weighted by Gasteiger charge is -2.29. The van der Waals surface area contributed by atoms with E-state index in [-0.39, 0.29) is 6.04 Å². The Morgan fingerprint density at radius 2 is 1.94 bits per heavy atom. The molecule has 1 aromatic carbocycles. The van der Waals surface area contributed by atoms with E-state index in [1.54, 1.807) is 18.2 Å². The van der Waals surface area contributed by atoms with Gasteiger partial charge < -0.3 is 5.73 Å². The zero-order valence-corrected chi connectivity index (χ0v) is 12.7. The van der Waals surface area contributed by atoms with E-state index in [1.807, 2.05) is 6.92 Å². The normalized spacial score (nSPS) is 19.1. The SMILES string of the molecule is Cc1cc(S(=O)(=O)N2CCC(N)CC2)ccc1Br. The summed E-state index contributed by atoms with van der Waals surface area (Å²) in [6.45, 7) is 2.91. The zero-order chi connectivity index (χ0) is 13.3. The Kier molecular flexibility index (Phi) is 4.11. The number of hydrogen-bond acceptors (Lipinski definition) is 3. The van der Waals surface area contributed by atoms with Crippen LogP contribution < -0.4 is 5.73 Å². The molecule has 1 aliphatic heterocycles. The van der Waals surface area contributed by atoms with Crippen molar-refractivity contribution in [3.63, 3.8) is 0 Å². The van der Waals surface area contributed by atoms with Crippen molar-refractivity contribution in [2.24, 2.45) is 5.73 Å². The molecule has 1 aliphatic rings. The molecule has 2 N–H and O–H groups in total. The van der Waals surface area contributed by atoms with Crippen LogP contribution in [0.5, 0.6) is 0 Å². The molecule has 1 aromatic rings. The molecular weight excluding hydrogens is 316 g/mol. The highest BCUT2D eigenvalue weighted by Crippen LogP contribution is 2.24. The van der Waals surface area contributed by atoms with Gasteiger partial charge in [-0.15, -0.1) is 0 Å². The third-order valence-corrected chi connectivity index (χ3v) is 6.05. The van der Waals surface area contributed by atoms with E-state index >= 15 is 0 Å². The summed E-state index contributed by atoms with van der Waals surface area (Å²) in [5.74, 6) is 0. The van der Waals surface area contributed by atoms with Gasteiger partial charge in [-0.1, -0.05) is 15.9 Å². The molecule has 0 aliphatic carbocycles. The van der Waals surface area contributed by atoms with E-state index in [1.165, 1.54) is 4.31 Å². The first-order chi connectivity index (χ1) is 8.41. The number of rotatable bonds is 2. The van der Waals surface area contributed by atoms with Crippen molar-refractivity contribution in [2.75, 3.05) is 13.1 Å². The highest BCUT2D eigenvalue weighted by molar-refractivity contribution is 9.10. The average Bonchev–Trinajstić information content (AvgIpc) is 2.33. The van der Waals surface area contributed by atoms with Gasteiger partial charge in [0.05, 0.1) is 4.90 Å². The first-order valence-electron chi connectivity index (χ1n) is 5.93. The van der Waals surface area contributed by atoms with Crippen LogP contribution in [0.25, 0.3) is 0 Å². The van der Waals surface area contributed by atoms with E-state index in [0.717, 1.165) is 22.9 Å². The number of nitrogens with zero attached hydrogens (tertiary/aromatic N) is 1. The number of benzene rings is 1. The van der Waals surface area contributed by atoms with Crippen molar-refractivity contribution in [1.29, 1.82) is 0 Å². The Morgan fingerprint density at radius 1 is 1.33 bits per heavy atom. The maximum atomic E-state index is 12.4. The number of halogens is 1. The van der Waals surface area contributed by atoms with Gasteiger partial charge in [-0.25, -0.2) is 8.42 Å². The van der Waals surface area contributed by atoms with Crippen LogP contribution in [0.4, 0.5) is 0 Å². The van der Waals surface area contributed by atoms with Gasteiger partial charge in [0, 0.05) is 23.6 Å². The Bertz CT molecular complexity index is 537. The molecular formula is C12H17BrN2O2S. The summed E-state index contributed by atoms with van der Waals surface area (Å²) in [4.78, 5) is 0.360. The van der Waals surface area contributed by atoms with Gasteiger partial charge >= 0.3 is 0 Å². The predicted molar refractivity (Wildman–Crippen MR) is 74.8 cm³/mol. The molecule has 0 amide bonds. The molecule has 0 spiro atoms. The maximum Gasteiger partial charge on any atom is 0.243 e. The second-order valence-corrected chi connectivity index (χ2v) is 7.44. The molecule has 4 nitrogen and oxygen atoms in total. The molecule has 100 valence electrons. The van der Waals surface area contributed by atoms with E-state index in [9.17, 15) is 8.42 Å². The van der Waals surface area contributed by atoms with Crippen LogP contribution in [0.3, 0.4) is 0 Å². The average molecular weight is 333 g/mol.